The Hall–Kier alpha value is -3.80. The van der Waals surface area contributed by atoms with E-state index in [4.69, 9.17) is 0 Å². The number of rotatable bonds is 5. The summed E-state index contributed by atoms with van der Waals surface area (Å²) in [5.41, 5.74) is 1.96. The lowest BCUT2D eigenvalue weighted by Gasteiger charge is -2.09. The van der Waals surface area contributed by atoms with Gasteiger partial charge in [0.05, 0.1) is 17.9 Å². The van der Waals surface area contributed by atoms with Crippen molar-refractivity contribution in [1.82, 2.24) is 20.1 Å². The van der Waals surface area contributed by atoms with Crippen LogP contribution in [0.15, 0.2) is 83.8 Å². The molecule has 0 atom stereocenters. The highest BCUT2D eigenvalue weighted by atomic mass is 16.2. The zero-order valence-corrected chi connectivity index (χ0v) is 15.1. The van der Waals surface area contributed by atoms with E-state index in [1.165, 1.54) is 10.7 Å². The van der Waals surface area contributed by atoms with Crippen LogP contribution in [-0.2, 0) is 17.9 Å². The van der Waals surface area contributed by atoms with E-state index in [-0.39, 0.29) is 18.0 Å². The lowest BCUT2D eigenvalue weighted by Crippen LogP contribution is -2.33. The molecule has 0 saturated carbocycles. The van der Waals surface area contributed by atoms with E-state index in [1.807, 2.05) is 60.7 Å². The van der Waals surface area contributed by atoms with Crippen molar-refractivity contribution in [3.05, 3.63) is 95.0 Å². The van der Waals surface area contributed by atoms with Crippen molar-refractivity contribution in [1.29, 1.82) is 0 Å². The van der Waals surface area contributed by atoms with E-state index < -0.39 is 0 Å². The third kappa shape index (κ3) is 3.96. The highest BCUT2D eigenvalue weighted by Crippen LogP contribution is 2.22. The third-order valence-electron chi connectivity index (χ3n) is 4.40. The molecule has 0 fully saturated rings. The van der Waals surface area contributed by atoms with Crippen LogP contribution in [0.1, 0.15) is 5.69 Å². The van der Waals surface area contributed by atoms with Crippen molar-refractivity contribution >= 4 is 16.7 Å². The van der Waals surface area contributed by atoms with Gasteiger partial charge in [-0.1, -0.05) is 42.5 Å². The smallest absolute Gasteiger partial charge is 0.267 e. The molecule has 6 nitrogen and oxygen atoms in total. The Balaban J connectivity index is 1.53. The number of pyridine rings is 1. The Morgan fingerprint density at radius 1 is 0.929 bits per heavy atom. The summed E-state index contributed by atoms with van der Waals surface area (Å²) < 4.78 is 1.18. The molecule has 0 bridgehead atoms. The number of hydrogen-bond donors (Lipinski definition) is 1. The predicted molar refractivity (Wildman–Crippen MR) is 108 cm³/mol. The van der Waals surface area contributed by atoms with Gasteiger partial charge in [-0.15, -0.1) is 0 Å². The maximum absolute atomic E-state index is 12.2. The zero-order chi connectivity index (χ0) is 19.3. The van der Waals surface area contributed by atoms with E-state index in [9.17, 15) is 9.59 Å². The zero-order valence-electron chi connectivity index (χ0n) is 15.1. The minimum Gasteiger partial charge on any atom is -0.349 e. The van der Waals surface area contributed by atoms with Crippen LogP contribution in [0.25, 0.3) is 22.0 Å². The molecule has 2 aromatic carbocycles. The molecule has 138 valence electrons. The standard InChI is InChI=1S/C22H18N4O2/c27-21(24-14-19-7-3-4-12-23-19)15-26-22(28)11-10-20(25-26)18-9-8-16-5-1-2-6-17(16)13-18/h1-13H,14-15H2,(H,24,27). The van der Waals surface area contributed by atoms with Gasteiger partial charge in [-0.05, 0) is 35.0 Å². The van der Waals surface area contributed by atoms with Crippen molar-refractivity contribution in [2.24, 2.45) is 0 Å². The molecule has 6 heteroatoms. The second-order valence-corrected chi connectivity index (χ2v) is 6.37. The summed E-state index contributed by atoms with van der Waals surface area (Å²) in [6.45, 7) is 0.159. The van der Waals surface area contributed by atoms with Gasteiger partial charge in [0.1, 0.15) is 6.54 Å². The highest BCUT2D eigenvalue weighted by molar-refractivity contribution is 5.86. The van der Waals surface area contributed by atoms with E-state index in [0.717, 1.165) is 22.0 Å². The molecule has 28 heavy (non-hydrogen) atoms. The predicted octanol–water partition coefficient (Wildman–Crippen LogP) is 2.77. The molecule has 2 heterocycles. The number of nitrogens with one attached hydrogen (secondary N) is 1. The lowest BCUT2D eigenvalue weighted by molar-refractivity contribution is -0.122. The monoisotopic (exact) mass is 370 g/mol. The first-order chi connectivity index (χ1) is 13.7. The molecule has 0 spiro atoms. The summed E-state index contributed by atoms with van der Waals surface area (Å²) >= 11 is 0. The van der Waals surface area contributed by atoms with E-state index in [2.05, 4.69) is 15.4 Å². The van der Waals surface area contributed by atoms with Crippen LogP contribution in [0.4, 0.5) is 0 Å². The first-order valence-corrected chi connectivity index (χ1v) is 8.93. The molecular weight excluding hydrogens is 352 g/mol. The molecule has 1 N–H and O–H groups in total. The number of amides is 1. The second-order valence-electron chi connectivity index (χ2n) is 6.37. The minimum absolute atomic E-state index is 0.146. The Kier molecular flexibility index (Phi) is 4.93. The molecular formula is C22H18N4O2. The molecule has 0 aliphatic rings. The number of fused-ring (bicyclic) bond motifs is 1. The number of carbonyl (C=O) groups excluding carboxylic acids is 1. The topological polar surface area (TPSA) is 76.9 Å². The van der Waals surface area contributed by atoms with Crippen LogP contribution < -0.4 is 10.9 Å². The fourth-order valence-electron chi connectivity index (χ4n) is 2.95. The molecule has 0 saturated heterocycles. The third-order valence-corrected chi connectivity index (χ3v) is 4.40. The number of hydrogen-bond acceptors (Lipinski definition) is 4. The van der Waals surface area contributed by atoms with E-state index in [1.54, 1.807) is 12.3 Å². The van der Waals surface area contributed by atoms with Crippen LogP contribution >= 0.6 is 0 Å². The summed E-state index contributed by atoms with van der Waals surface area (Å²) in [6, 6.07) is 22.6. The van der Waals surface area contributed by atoms with Gasteiger partial charge in [0, 0.05) is 17.8 Å². The van der Waals surface area contributed by atoms with Crippen LogP contribution in [0.2, 0.25) is 0 Å². The SMILES string of the molecule is O=C(Cn1nc(-c2ccc3ccccc3c2)ccc1=O)NCc1ccccn1. The van der Waals surface area contributed by atoms with Gasteiger partial charge >= 0.3 is 0 Å². The average molecular weight is 370 g/mol. The van der Waals surface area contributed by atoms with Crippen LogP contribution in [0, 0.1) is 0 Å². The van der Waals surface area contributed by atoms with Crippen LogP contribution in [0.5, 0.6) is 0 Å². The quantitative estimate of drug-likeness (QED) is 0.586. The average Bonchev–Trinajstić information content (AvgIpc) is 2.74. The Morgan fingerprint density at radius 2 is 1.75 bits per heavy atom. The second kappa shape index (κ2) is 7.84. The fourth-order valence-corrected chi connectivity index (χ4v) is 2.95. The highest BCUT2D eigenvalue weighted by Gasteiger charge is 2.09. The summed E-state index contributed by atoms with van der Waals surface area (Å²) in [5.74, 6) is -0.295. The molecule has 0 radical (unpaired) electrons. The van der Waals surface area contributed by atoms with E-state index >= 15 is 0 Å². The molecule has 1 amide bonds. The Bertz CT molecular complexity index is 1190. The number of carbonyl (C=O) groups is 1. The van der Waals surface area contributed by atoms with E-state index in [0.29, 0.717) is 12.2 Å². The first kappa shape index (κ1) is 17.6. The fraction of sp³-hybridized carbons (Fsp3) is 0.0909. The molecule has 4 aromatic rings. The van der Waals surface area contributed by atoms with Gasteiger partial charge in [-0.2, -0.15) is 5.10 Å². The van der Waals surface area contributed by atoms with Crippen LogP contribution in [0.3, 0.4) is 0 Å². The largest absolute Gasteiger partial charge is 0.349 e. The van der Waals surface area contributed by atoms with Crippen molar-refractivity contribution in [2.45, 2.75) is 13.1 Å². The van der Waals surface area contributed by atoms with Gasteiger partial charge < -0.3 is 5.32 Å². The Labute approximate surface area is 161 Å². The van der Waals surface area contributed by atoms with Crippen molar-refractivity contribution in [3.63, 3.8) is 0 Å². The van der Waals surface area contributed by atoms with Gasteiger partial charge in [-0.25, -0.2) is 4.68 Å². The maximum Gasteiger partial charge on any atom is 0.267 e. The maximum atomic E-state index is 12.2. The van der Waals surface area contributed by atoms with Crippen molar-refractivity contribution in [3.8, 4) is 11.3 Å². The minimum atomic E-state index is -0.322. The molecule has 0 unspecified atom stereocenters. The van der Waals surface area contributed by atoms with Gasteiger partial charge in [0.15, 0.2) is 0 Å². The molecule has 0 aliphatic heterocycles. The number of benzene rings is 2. The van der Waals surface area contributed by atoms with Gasteiger partial charge in [0.2, 0.25) is 5.91 Å². The molecule has 2 aromatic heterocycles. The summed E-state index contributed by atoms with van der Waals surface area (Å²) in [7, 11) is 0. The molecule has 4 rings (SSSR count). The van der Waals surface area contributed by atoms with Crippen LogP contribution in [-0.4, -0.2) is 20.7 Å². The van der Waals surface area contributed by atoms with Gasteiger partial charge in [0.25, 0.3) is 5.56 Å². The first-order valence-electron chi connectivity index (χ1n) is 8.93. The number of nitrogens with zero attached hydrogens (tertiary/aromatic N) is 3. The van der Waals surface area contributed by atoms with Crippen molar-refractivity contribution in [2.75, 3.05) is 0 Å². The summed E-state index contributed by atoms with van der Waals surface area (Å²) in [5, 5.41) is 9.35. The lowest BCUT2D eigenvalue weighted by atomic mass is 10.1. The number of aromatic nitrogens is 3. The van der Waals surface area contributed by atoms with Crippen molar-refractivity contribution < 1.29 is 4.79 Å². The normalized spacial score (nSPS) is 10.7. The van der Waals surface area contributed by atoms with Gasteiger partial charge in [-0.3, -0.25) is 14.6 Å². The Morgan fingerprint density at radius 3 is 2.57 bits per heavy atom. The summed E-state index contributed by atoms with van der Waals surface area (Å²) in [6.07, 6.45) is 1.67. The summed E-state index contributed by atoms with van der Waals surface area (Å²) in [4.78, 5) is 28.5. The molecule has 0 aliphatic carbocycles.